The summed E-state index contributed by atoms with van der Waals surface area (Å²) in [5.74, 6) is -0.717. The number of esters is 1. The van der Waals surface area contributed by atoms with E-state index in [1.54, 1.807) is 30.5 Å². The first-order valence-electron chi connectivity index (χ1n) is 8.37. The molecule has 0 fully saturated rings. The summed E-state index contributed by atoms with van der Waals surface area (Å²) < 4.78 is 5.04. The van der Waals surface area contributed by atoms with Crippen molar-refractivity contribution in [3.8, 4) is 0 Å². The number of nitrogens with zero attached hydrogens (tertiary/aromatic N) is 1. The number of benzene rings is 2. The lowest BCUT2D eigenvalue weighted by Gasteiger charge is -2.06. The standard InChI is InChI=1S/C20H22N2O4/c1-3-12-25-20(24)17-8-10-18(11-9-17)22-19(23)14-26-21-13-16-6-4-15(2)5-7-16/h4-11,13H,3,12,14H2,1-2H3,(H,22,23)/b21-13-. The van der Waals surface area contributed by atoms with Gasteiger partial charge in [-0.05, 0) is 43.2 Å². The number of rotatable bonds is 8. The molecule has 2 aromatic rings. The summed E-state index contributed by atoms with van der Waals surface area (Å²) in [5.41, 5.74) is 3.05. The van der Waals surface area contributed by atoms with Gasteiger partial charge < -0.3 is 14.9 Å². The SMILES string of the molecule is CCCOC(=O)c1ccc(NC(=O)CO/N=C\c2ccc(C)cc2)cc1. The minimum absolute atomic E-state index is 0.206. The zero-order valence-corrected chi connectivity index (χ0v) is 14.9. The van der Waals surface area contributed by atoms with Crippen molar-refractivity contribution in [2.45, 2.75) is 20.3 Å². The maximum Gasteiger partial charge on any atom is 0.338 e. The van der Waals surface area contributed by atoms with E-state index in [-0.39, 0.29) is 18.5 Å². The molecule has 1 amide bonds. The summed E-state index contributed by atoms with van der Waals surface area (Å²) in [6.07, 6.45) is 2.32. The first-order valence-corrected chi connectivity index (χ1v) is 8.37. The van der Waals surface area contributed by atoms with Crippen molar-refractivity contribution in [3.05, 3.63) is 65.2 Å². The molecule has 0 aliphatic rings. The minimum atomic E-state index is -0.376. The molecule has 0 aliphatic heterocycles. The van der Waals surface area contributed by atoms with E-state index in [9.17, 15) is 9.59 Å². The van der Waals surface area contributed by atoms with Crippen LogP contribution in [0.5, 0.6) is 0 Å². The highest BCUT2D eigenvalue weighted by atomic mass is 16.6. The fourth-order valence-electron chi connectivity index (χ4n) is 2.01. The number of ether oxygens (including phenoxy) is 1. The van der Waals surface area contributed by atoms with Gasteiger partial charge in [-0.15, -0.1) is 0 Å². The summed E-state index contributed by atoms with van der Waals surface area (Å²) in [6, 6.07) is 14.2. The number of carbonyl (C=O) groups excluding carboxylic acids is 2. The molecule has 0 atom stereocenters. The Kier molecular flexibility index (Phi) is 7.36. The molecule has 6 nitrogen and oxygen atoms in total. The third-order valence-electron chi connectivity index (χ3n) is 3.39. The van der Waals surface area contributed by atoms with Crippen LogP contribution < -0.4 is 5.32 Å². The lowest BCUT2D eigenvalue weighted by atomic mass is 10.2. The minimum Gasteiger partial charge on any atom is -0.462 e. The zero-order valence-electron chi connectivity index (χ0n) is 14.9. The number of aryl methyl sites for hydroxylation is 1. The van der Waals surface area contributed by atoms with Gasteiger partial charge in [0.1, 0.15) is 0 Å². The first kappa shape index (κ1) is 19.2. The van der Waals surface area contributed by atoms with Gasteiger partial charge in [-0.2, -0.15) is 0 Å². The molecule has 0 radical (unpaired) electrons. The highest BCUT2D eigenvalue weighted by Gasteiger charge is 2.07. The van der Waals surface area contributed by atoms with E-state index in [0.29, 0.717) is 17.9 Å². The first-order chi connectivity index (χ1) is 12.6. The van der Waals surface area contributed by atoms with Crippen molar-refractivity contribution in [3.63, 3.8) is 0 Å². The number of hydrogen-bond donors (Lipinski definition) is 1. The van der Waals surface area contributed by atoms with E-state index in [4.69, 9.17) is 9.57 Å². The second kappa shape index (κ2) is 9.98. The van der Waals surface area contributed by atoms with E-state index in [0.717, 1.165) is 17.5 Å². The van der Waals surface area contributed by atoms with Gasteiger partial charge in [0.25, 0.3) is 5.91 Å². The number of amides is 1. The second-order valence-electron chi connectivity index (χ2n) is 5.68. The Morgan fingerprint density at radius 1 is 1.08 bits per heavy atom. The molecule has 0 unspecified atom stereocenters. The van der Waals surface area contributed by atoms with Crippen molar-refractivity contribution in [2.75, 3.05) is 18.5 Å². The molecule has 2 rings (SSSR count). The average Bonchev–Trinajstić information content (AvgIpc) is 2.65. The molecule has 0 bridgehead atoms. The zero-order chi connectivity index (χ0) is 18.8. The molecule has 6 heteroatoms. The molecule has 0 saturated heterocycles. The third kappa shape index (κ3) is 6.39. The van der Waals surface area contributed by atoms with Gasteiger partial charge in [0.2, 0.25) is 0 Å². The van der Waals surface area contributed by atoms with Crippen molar-refractivity contribution in [2.24, 2.45) is 5.16 Å². The van der Waals surface area contributed by atoms with Gasteiger partial charge in [0.15, 0.2) is 6.61 Å². The Bertz CT molecular complexity index is 752. The van der Waals surface area contributed by atoms with Crippen LogP contribution in [0, 0.1) is 6.92 Å². The maximum absolute atomic E-state index is 11.8. The van der Waals surface area contributed by atoms with Crippen molar-refractivity contribution >= 4 is 23.8 Å². The summed E-state index contributed by atoms with van der Waals surface area (Å²) in [7, 11) is 0. The van der Waals surface area contributed by atoms with Crippen molar-refractivity contribution in [1.82, 2.24) is 0 Å². The summed E-state index contributed by atoms with van der Waals surface area (Å²) in [6.45, 7) is 4.11. The number of anilines is 1. The predicted octanol–water partition coefficient (Wildman–Crippen LogP) is 3.55. The van der Waals surface area contributed by atoms with E-state index in [1.165, 1.54) is 0 Å². The predicted molar refractivity (Wildman–Crippen MR) is 100 cm³/mol. The molecular formula is C20H22N2O4. The van der Waals surface area contributed by atoms with E-state index in [1.807, 2.05) is 38.1 Å². The van der Waals surface area contributed by atoms with Crippen molar-refractivity contribution < 1.29 is 19.2 Å². The van der Waals surface area contributed by atoms with E-state index >= 15 is 0 Å². The van der Waals surface area contributed by atoms with Crippen LogP contribution in [0.25, 0.3) is 0 Å². The molecule has 0 saturated carbocycles. The molecule has 2 aromatic carbocycles. The largest absolute Gasteiger partial charge is 0.462 e. The number of hydrogen-bond acceptors (Lipinski definition) is 5. The molecule has 136 valence electrons. The number of carbonyl (C=O) groups is 2. The van der Waals surface area contributed by atoms with Gasteiger partial charge in [-0.3, -0.25) is 4.79 Å². The lowest BCUT2D eigenvalue weighted by Crippen LogP contribution is -2.17. The Morgan fingerprint density at radius 3 is 2.42 bits per heavy atom. The Labute approximate surface area is 152 Å². The van der Waals surface area contributed by atoms with Crippen LogP contribution in [0.3, 0.4) is 0 Å². The van der Waals surface area contributed by atoms with Gasteiger partial charge >= 0.3 is 5.97 Å². The lowest BCUT2D eigenvalue weighted by molar-refractivity contribution is -0.120. The van der Waals surface area contributed by atoms with E-state index < -0.39 is 0 Å². The van der Waals surface area contributed by atoms with Gasteiger partial charge in [0.05, 0.1) is 18.4 Å². The van der Waals surface area contributed by atoms with Gasteiger partial charge in [0, 0.05) is 5.69 Å². The summed E-state index contributed by atoms with van der Waals surface area (Å²) in [4.78, 5) is 28.5. The van der Waals surface area contributed by atoms with Crippen LogP contribution in [0.1, 0.15) is 34.8 Å². The molecular weight excluding hydrogens is 332 g/mol. The number of oxime groups is 1. The summed E-state index contributed by atoms with van der Waals surface area (Å²) >= 11 is 0. The van der Waals surface area contributed by atoms with Crippen molar-refractivity contribution in [1.29, 1.82) is 0 Å². The second-order valence-corrected chi connectivity index (χ2v) is 5.68. The van der Waals surface area contributed by atoms with Crippen LogP contribution in [0.2, 0.25) is 0 Å². The Balaban J connectivity index is 1.76. The fourth-order valence-corrected chi connectivity index (χ4v) is 2.01. The molecule has 0 aliphatic carbocycles. The third-order valence-corrected chi connectivity index (χ3v) is 3.39. The van der Waals surface area contributed by atoms with Crippen LogP contribution in [-0.4, -0.2) is 31.3 Å². The molecule has 26 heavy (non-hydrogen) atoms. The monoisotopic (exact) mass is 354 g/mol. The quantitative estimate of drug-likeness (QED) is 0.447. The average molecular weight is 354 g/mol. The smallest absolute Gasteiger partial charge is 0.338 e. The Morgan fingerprint density at radius 2 is 1.77 bits per heavy atom. The summed E-state index contributed by atoms with van der Waals surface area (Å²) in [5, 5.41) is 6.44. The number of nitrogens with one attached hydrogen (secondary N) is 1. The topological polar surface area (TPSA) is 77.0 Å². The fraction of sp³-hybridized carbons (Fsp3) is 0.250. The van der Waals surface area contributed by atoms with Crippen LogP contribution >= 0.6 is 0 Å². The maximum atomic E-state index is 11.8. The highest BCUT2D eigenvalue weighted by Crippen LogP contribution is 2.10. The molecule has 1 N–H and O–H groups in total. The normalized spacial score (nSPS) is 10.5. The van der Waals surface area contributed by atoms with Gasteiger partial charge in [-0.25, -0.2) is 4.79 Å². The van der Waals surface area contributed by atoms with E-state index in [2.05, 4.69) is 10.5 Å². The van der Waals surface area contributed by atoms with Crippen LogP contribution in [-0.2, 0) is 14.4 Å². The molecule has 0 aromatic heterocycles. The molecule has 0 spiro atoms. The Hall–Kier alpha value is -3.15. The van der Waals surface area contributed by atoms with Gasteiger partial charge in [-0.1, -0.05) is 41.9 Å². The molecule has 0 heterocycles. The highest BCUT2D eigenvalue weighted by molar-refractivity contribution is 5.93. The van der Waals surface area contributed by atoms with Crippen LogP contribution in [0.15, 0.2) is 53.7 Å². The van der Waals surface area contributed by atoms with Crippen LogP contribution in [0.4, 0.5) is 5.69 Å².